The number of hydrogen-bond acceptors (Lipinski definition) is 6. The fourth-order valence-electron chi connectivity index (χ4n) is 2.11. The molecule has 1 heterocycles. The molecule has 1 aromatic heterocycles. The molecule has 0 unspecified atom stereocenters. The van der Waals surface area contributed by atoms with Gasteiger partial charge in [-0.2, -0.15) is 0 Å². The number of nitrogens with one attached hydrogen (secondary N) is 1. The Balaban J connectivity index is 1.77. The quantitative estimate of drug-likeness (QED) is 0.432. The molecule has 7 nitrogen and oxygen atoms in total. The molecule has 0 bridgehead atoms. The summed E-state index contributed by atoms with van der Waals surface area (Å²) in [5.41, 5.74) is 2.38. The molecule has 0 aliphatic carbocycles. The van der Waals surface area contributed by atoms with Crippen LogP contribution < -0.4 is 10.5 Å². The van der Waals surface area contributed by atoms with Gasteiger partial charge in [-0.15, -0.1) is 0 Å². The Morgan fingerprint density at radius 1 is 1.16 bits per heavy atom. The summed E-state index contributed by atoms with van der Waals surface area (Å²) in [5, 5.41) is 8.47. The van der Waals surface area contributed by atoms with E-state index in [1.165, 1.54) is 36.0 Å². The fourth-order valence-corrected chi connectivity index (χ4v) is 3.51. The third kappa shape index (κ3) is 6.45. The van der Waals surface area contributed by atoms with Gasteiger partial charge in [0.15, 0.2) is 5.16 Å². The molecule has 134 valence electrons. The molecule has 0 radical (unpaired) electrons. The van der Waals surface area contributed by atoms with Gasteiger partial charge >= 0.3 is 0 Å². The Hall–Kier alpha value is -1.97. The highest BCUT2D eigenvalue weighted by molar-refractivity contribution is 7.99. The van der Waals surface area contributed by atoms with E-state index in [4.69, 9.17) is 5.14 Å². The van der Waals surface area contributed by atoms with E-state index in [0.717, 1.165) is 22.3 Å². The van der Waals surface area contributed by atoms with Crippen molar-refractivity contribution in [2.24, 2.45) is 5.14 Å². The molecule has 2 rings (SSSR count). The summed E-state index contributed by atoms with van der Waals surface area (Å²) in [6, 6.07) is 7.65. The number of rotatable bonds is 7. The number of nitrogens with two attached hydrogens (primary N) is 1. The molecule has 25 heavy (non-hydrogen) atoms. The summed E-state index contributed by atoms with van der Waals surface area (Å²) in [4.78, 5) is 20.6. The van der Waals surface area contributed by atoms with Gasteiger partial charge in [0.25, 0.3) is 0 Å². The molecule has 2 aromatic rings. The predicted molar refractivity (Wildman–Crippen MR) is 97.9 cm³/mol. The second kappa shape index (κ2) is 8.41. The van der Waals surface area contributed by atoms with Crippen LogP contribution >= 0.6 is 11.8 Å². The second-order valence-electron chi connectivity index (χ2n) is 5.50. The van der Waals surface area contributed by atoms with E-state index in [1.807, 2.05) is 19.9 Å². The zero-order valence-electron chi connectivity index (χ0n) is 14.0. The van der Waals surface area contributed by atoms with Gasteiger partial charge in [0, 0.05) is 29.2 Å². The van der Waals surface area contributed by atoms with Crippen LogP contribution in [-0.2, 0) is 14.8 Å². The average Bonchev–Trinajstić information content (AvgIpc) is 2.50. The number of carbonyl (C=O) groups is 1. The lowest BCUT2D eigenvalue weighted by Crippen LogP contribution is -2.13. The Morgan fingerprint density at radius 2 is 1.76 bits per heavy atom. The molecule has 0 aliphatic heterocycles. The van der Waals surface area contributed by atoms with Crippen LogP contribution in [0.1, 0.15) is 24.2 Å². The van der Waals surface area contributed by atoms with Crippen LogP contribution in [0.25, 0.3) is 0 Å². The van der Waals surface area contributed by atoms with Crippen molar-refractivity contribution in [1.82, 2.24) is 9.97 Å². The molecule has 3 N–H and O–H groups in total. The zero-order chi connectivity index (χ0) is 18.4. The second-order valence-corrected chi connectivity index (χ2v) is 8.13. The van der Waals surface area contributed by atoms with Gasteiger partial charge in [0.2, 0.25) is 15.9 Å². The smallest absolute Gasteiger partial charge is 0.238 e. The number of carbonyl (C=O) groups excluding carboxylic acids is 1. The van der Waals surface area contributed by atoms with Crippen molar-refractivity contribution in [3.8, 4) is 0 Å². The molecule has 9 heteroatoms. The molecule has 0 saturated heterocycles. The molecule has 0 atom stereocenters. The maximum atomic E-state index is 11.9. The first-order valence-corrected chi connectivity index (χ1v) is 10.1. The lowest BCUT2D eigenvalue weighted by molar-refractivity contribution is -0.116. The zero-order valence-corrected chi connectivity index (χ0v) is 15.7. The number of sulfonamides is 1. The standard InChI is InChI=1S/C16H20N4O3S2/c1-11-10-12(2)19-16(18-11)24-9-3-4-15(21)20-13-5-7-14(8-6-13)25(17,22)23/h5-8,10H,3-4,9H2,1-2H3,(H,20,21)(H2,17,22,23). The molecule has 0 saturated carbocycles. The van der Waals surface area contributed by atoms with E-state index >= 15 is 0 Å². The highest BCUT2D eigenvalue weighted by Gasteiger charge is 2.08. The largest absolute Gasteiger partial charge is 0.326 e. The lowest BCUT2D eigenvalue weighted by Gasteiger charge is -2.06. The van der Waals surface area contributed by atoms with Crippen LogP contribution in [0.15, 0.2) is 40.4 Å². The summed E-state index contributed by atoms with van der Waals surface area (Å²) < 4.78 is 22.4. The van der Waals surface area contributed by atoms with E-state index < -0.39 is 10.0 Å². The first kappa shape index (κ1) is 19.4. The molecule has 1 aromatic carbocycles. The number of nitrogens with zero attached hydrogens (tertiary/aromatic N) is 2. The molecule has 0 aliphatic rings. The van der Waals surface area contributed by atoms with Crippen LogP contribution in [0.2, 0.25) is 0 Å². The van der Waals surface area contributed by atoms with Gasteiger partial charge in [-0.1, -0.05) is 11.8 Å². The highest BCUT2D eigenvalue weighted by Crippen LogP contribution is 2.17. The summed E-state index contributed by atoms with van der Waals surface area (Å²) >= 11 is 1.52. The van der Waals surface area contributed by atoms with Gasteiger partial charge in [-0.05, 0) is 50.6 Å². The number of aromatic nitrogens is 2. The van der Waals surface area contributed by atoms with Crippen molar-refractivity contribution in [2.75, 3.05) is 11.1 Å². The van der Waals surface area contributed by atoms with Crippen LogP contribution in [0.5, 0.6) is 0 Å². The molecular formula is C16H20N4O3S2. The highest BCUT2D eigenvalue weighted by atomic mass is 32.2. The van der Waals surface area contributed by atoms with Crippen LogP contribution in [0.3, 0.4) is 0 Å². The van der Waals surface area contributed by atoms with Crippen molar-refractivity contribution < 1.29 is 13.2 Å². The maximum absolute atomic E-state index is 11.9. The fraction of sp³-hybridized carbons (Fsp3) is 0.312. The molecule has 1 amide bonds. The van der Waals surface area contributed by atoms with Crippen molar-refractivity contribution >= 4 is 33.4 Å². The number of anilines is 1. The van der Waals surface area contributed by atoms with E-state index in [1.54, 1.807) is 0 Å². The normalized spacial score (nSPS) is 11.3. The number of amides is 1. The topological polar surface area (TPSA) is 115 Å². The molecular weight excluding hydrogens is 360 g/mol. The van der Waals surface area contributed by atoms with Crippen molar-refractivity contribution in [2.45, 2.75) is 36.7 Å². The van der Waals surface area contributed by atoms with E-state index in [2.05, 4.69) is 15.3 Å². The Labute approximate surface area is 151 Å². The summed E-state index contributed by atoms with van der Waals surface area (Å²) in [5.74, 6) is 0.603. The van der Waals surface area contributed by atoms with Gasteiger partial charge < -0.3 is 5.32 Å². The van der Waals surface area contributed by atoms with E-state index in [0.29, 0.717) is 18.5 Å². The van der Waals surface area contributed by atoms with Crippen LogP contribution in [0.4, 0.5) is 5.69 Å². The van der Waals surface area contributed by atoms with Gasteiger partial charge in [-0.3, -0.25) is 4.79 Å². The summed E-state index contributed by atoms with van der Waals surface area (Å²) in [7, 11) is -3.73. The van der Waals surface area contributed by atoms with Crippen molar-refractivity contribution in [3.05, 3.63) is 41.7 Å². The summed E-state index contributed by atoms with van der Waals surface area (Å²) in [6.07, 6.45) is 1.04. The predicted octanol–water partition coefficient (Wildman–Crippen LogP) is 2.25. The molecule has 0 fully saturated rings. The minimum Gasteiger partial charge on any atom is -0.326 e. The van der Waals surface area contributed by atoms with Crippen LogP contribution in [0, 0.1) is 13.8 Å². The monoisotopic (exact) mass is 380 g/mol. The number of benzene rings is 1. The van der Waals surface area contributed by atoms with E-state index in [9.17, 15) is 13.2 Å². The number of primary sulfonamides is 1. The minimum atomic E-state index is -3.73. The Bertz CT molecular complexity index is 832. The SMILES string of the molecule is Cc1cc(C)nc(SCCCC(=O)Nc2ccc(S(N)(=O)=O)cc2)n1. The number of aryl methyl sites for hydroxylation is 2. The van der Waals surface area contributed by atoms with Gasteiger partial charge in [-0.25, -0.2) is 23.5 Å². The number of hydrogen-bond donors (Lipinski definition) is 2. The summed E-state index contributed by atoms with van der Waals surface area (Å²) in [6.45, 7) is 3.85. The average molecular weight is 380 g/mol. The van der Waals surface area contributed by atoms with Crippen molar-refractivity contribution in [1.29, 1.82) is 0 Å². The Morgan fingerprint density at radius 3 is 2.32 bits per heavy atom. The number of thioether (sulfide) groups is 1. The minimum absolute atomic E-state index is 0.00958. The third-order valence-corrected chi connectivity index (χ3v) is 5.07. The van der Waals surface area contributed by atoms with Crippen LogP contribution in [-0.4, -0.2) is 30.0 Å². The maximum Gasteiger partial charge on any atom is 0.238 e. The van der Waals surface area contributed by atoms with E-state index in [-0.39, 0.29) is 10.8 Å². The third-order valence-electron chi connectivity index (χ3n) is 3.21. The lowest BCUT2D eigenvalue weighted by atomic mass is 10.3. The van der Waals surface area contributed by atoms with Gasteiger partial charge in [0.05, 0.1) is 4.90 Å². The molecule has 0 spiro atoms. The Kier molecular flexibility index (Phi) is 6.51. The first-order chi connectivity index (χ1) is 11.7. The van der Waals surface area contributed by atoms with Crippen molar-refractivity contribution in [3.63, 3.8) is 0 Å². The van der Waals surface area contributed by atoms with Gasteiger partial charge in [0.1, 0.15) is 0 Å². The first-order valence-electron chi connectivity index (χ1n) is 7.62.